The number of aryl methyl sites for hydroxylation is 1. The van der Waals surface area contributed by atoms with Gasteiger partial charge >= 0.3 is 0 Å². The van der Waals surface area contributed by atoms with Crippen molar-refractivity contribution in [2.75, 3.05) is 32.7 Å². The van der Waals surface area contributed by atoms with E-state index < -0.39 is 0 Å². The van der Waals surface area contributed by atoms with Crippen molar-refractivity contribution in [2.24, 2.45) is 0 Å². The molecule has 4 rings (SSSR count). The van der Waals surface area contributed by atoms with Crippen molar-refractivity contribution in [3.63, 3.8) is 0 Å². The predicted molar refractivity (Wildman–Crippen MR) is 120 cm³/mol. The third-order valence-corrected chi connectivity index (χ3v) is 5.94. The Morgan fingerprint density at radius 2 is 1.77 bits per heavy atom. The number of hydrogen-bond donors (Lipinski definition) is 0. The molecule has 0 aliphatic carbocycles. The first kappa shape index (κ1) is 21.2. The number of carbonyl (C=O) groups is 1. The summed E-state index contributed by atoms with van der Waals surface area (Å²) < 4.78 is 3.76. The lowest BCUT2D eigenvalue weighted by Gasteiger charge is -2.35. The summed E-state index contributed by atoms with van der Waals surface area (Å²) >= 11 is 0. The molecule has 164 valence electrons. The third kappa shape index (κ3) is 4.85. The monoisotopic (exact) mass is 422 g/mol. The smallest absolute Gasteiger partial charge is 0.261 e. The molecule has 0 saturated carbocycles. The van der Waals surface area contributed by atoms with E-state index in [0.29, 0.717) is 29.8 Å². The first-order valence-electron chi connectivity index (χ1n) is 11.0. The van der Waals surface area contributed by atoms with E-state index in [0.717, 1.165) is 45.1 Å². The lowest BCUT2D eigenvalue weighted by atomic mass is 10.2. The summed E-state index contributed by atoms with van der Waals surface area (Å²) in [5.41, 5.74) is 0.589. The van der Waals surface area contributed by atoms with Gasteiger partial charge in [0, 0.05) is 70.5 Å². The Balaban J connectivity index is 1.25. The predicted octanol–water partition coefficient (Wildman–Crippen LogP) is 1.95. The van der Waals surface area contributed by atoms with E-state index in [-0.39, 0.29) is 11.5 Å². The average molecular weight is 423 g/mol. The zero-order valence-electron chi connectivity index (χ0n) is 18.3. The number of carbonyl (C=O) groups excluding carboxylic acids is 1. The van der Waals surface area contributed by atoms with Gasteiger partial charge in [-0.05, 0) is 12.1 Å². The minimum Gasteiger partial charge on any atom is -0.340 e. The highest BCUT2D eigenvalue weighted by atomic mass is 16.2. The number of amides is 1. The largest absolute Gasteiger partial charge is 0.340 e. The molecule has 0 radical (unpaired) electrons. The molecule has 0 spiro atoms. The molecule has 1 aliphatic rings. The highest BCUT2D eigenvalue weighted by Gasteiger charge is 2.21. The molecule has 8 heteroatoms. The number of aromatic nitrogens is 4. The van der Waals surface area contributed by atoms with Crippen LogP contribution in [0.3, 0.4) is 0 Å². The fraction of sp³-hybridized carbons (Fsp3) is 0.478. The van der Waals surface area contributed by atoms with E-state index in [4.69, 9.17) is 0 Å². The van der Waals surface area contributed by atoms with Crippen LogP contribution in [-0.2, 0) is 17.9 Å². The summed E-state index contributed by atoms with van der Waals surface area (Å²) in [6.07, 6.45) is 5.76. The number of nitrogens with zero attached hydrogens (tertiary/aromatic N) is 6. The number of benzene rings is 1. The van der Waals surface area contributed by atoms with E-state index >= 15 is 0 Å². The van der Waals surface area contributed by atoms with Gasteiger partial charge in [-0.25, -0.2) is 9.97 Å². The standard InChI is InChI=1S/C23H30N6O2/c1-18(2)22-24-8-10-28(22)16-13-26-11-14-27(15-12-26)21(30)7-9-29-17-25-20-6-4-3-5-19(20)23(29)31/h3-6,8,10,17-18H,7,9,11-16H2,1-2H3. The molecule has 2 aromatic heterocycles. The van der Waals surface area contributed by atoms with Crippen LogP contribution in [0, 0.1) is 0 Å². The highest BCUT2D eigenvalue weighted by Crippen LogP contribution is 2.12. The third-order valence-electron chi connectivity index (χ3n) is 5.94. The van der Waals surface area contributed by atoms with Gasteiger partial charge in [0.15, 0.2) is 0 Å². The van der Waals surface area contributed by atoms with Crippen LogP contribution in [-0.4, -0.2) is 67.5 Å². The lowest BCUT2D eigenvalue weighted by Crippen LogP contribution is -2.49. The van der Waals surface area contributed by atoms with Gasteiger partial charge in [0.25, 0.3) is 5.56 Å². The molecule has 1 aromatic carbocycles. The summed E-state index contributed by atoms with van der Waals surface area (Å²) in [5.74, 6) is 1.62. The Kier molecular flexibility index (Phi) is 6.46. The molecule has 31 heavy (non-hydrogen) atoms. The number of imidazole rings is 1. The van der Waals surface area contributed by atoms with Gasteiger partial charge in [-0.15, -0.1) is 0 Å². The Morgan fingerprint density at radius 1 is 1.00 bits per heavy atom. The van der Waals surface area contributed by atoms with Gasteiger partial charge in [-0.1, -0.05) is 26.0 Å². The van der Waals surface area contributed by atoms with E-state index in [2.05, 4.69) is 33.3 Å². The molecular formula is C23H30N6O2. The molecule has 8 nitrogen and oxygen atoms in total. The van der Waals surface area contributed by atoms with E-state index in [1.165, 1.54) is 10.9 Å². The second kappa shape index (κ2) is 9.43. The Bertz CT molecular complexity index is 1090. The second-order valence-corrected chi connectivity index (χ2v) is 8.37. The number of hydrogen-bond acceptors (Lipinski definition) is 5. The zero-order chi connectivity index (χ0) is 21.8. The molecule has 0 bridgehead atoms. The molecule has 1 fully saturated rings. The minimum absolute atomic E-state index is 0.0939. The van der Waals surface area contributed by atoms with Crippen molar-refractivity contribution in [1.29, 1.82) is 0 Å². The minimum atomic E-state index is -0.0940. The van der Waals surface area contributed by atoms with Gasteiger partial charge in [0.2, 0.25) is 5.91 Å². The molecule has 3 aromatic rings. The molecule has 3 heterocycles. The van der Waals surface area contributed by atoms with Crippen LogP contribution in [0.1, 0.15) is 32.0 Å². The van der Waals surface area contributed by atoms with Crippen LogP contribution in [0.15, 0.2) is 47.8 Å². The summed E-state index contributed by atoms with van der Waals surface area (Å²) in [6, 6.07) is 7.29. The SMILES string of the molecule is CC(C)c1nccn1CCN1CCN(C(=O)CCn2cnc3ccccc3c2=O)CC1. The topological polar surface area (TPSA) is 76.3 Å². The maximum absolute atomic E-state index is 12.7. The first-order chi connectivity index (χ1) is 15.0. The van der Waals surface area contributed by atoms with Crippen molar-refractivity contribution >= 4 is 16.8 Å². The lowest BCUT2D eigenvalue weighted by molar-refractivity contribution is -0.133. The van der Waals surface area contributed by atoms with Crippen LogP contribution in [0.5, 0.6) is 0 Å². The van der Waals surface area contributed by atoms with Crippen LogP contribution in [0.2, 0.25) is 0 Å². The fourth-order valence-electron chi connectivity index (χ4n) is 4.12. The van der Waals surface area contributed by atoms with Crippen LogP contribution in [0.25, 0.3) is 10.9 Å². The molecule has 0 atom stereocenters. The number of fused-ring (bicyclic) bond motifs is 1. The Labute approximate surface area is 182 Å². The van der Waals surface area contributed by atoms with Crippen LogP contribution >= 0.6 is 0 Å². The quantitative estimate of drug-likeness (QED) is 0.582. The van der Waals surface area contributed by atoms with Crippen LogP contribution < -0.4 is 5.56 Å². The van der Waals surface area contributed by atoms with E-state index in [9.17, 15) is 9.59 Å². The maximum atomic E-state index is 12.7. The van der Waals surface area contributed by atoms with Crippen LogP contribution in [0.4, 0.5) is 0 Å². The van der Waals surface area contributed by atoms with Crippen molar-refractivity contribution in [3.8, 4) is 0 Å². The van der Waals surface area contributed by atoms with Crippen molar-refractivity contribution in [2.45, 2.75) is 39.3 Å². The highest BCUT2D eigenvalue weighted by molar-refractivity contribution is 5.77. The molecular weight excluding hydrogens is 392 g/mol. The zero-order valence-corrected chi connectivity index (χ0v) is 18.3. The van der Waals surface area contributed by atoms with Crippen molar-refractivity contribution in [1.82, 2.24) is 28.9 Å². The van der Waals surface area contributed by atoms with Gasteiger partial charge in [0.1, 0.15) is 5.82 Å². The fourth-order valence-corrected chi connectivity index (χ4v) is 4.12. The van der Waals surface area contributed by atoms with Gasteiger partial charge in [-0.3, -0.25) is 19.1 Å². The van der Waals surface area contributed by atoms with Crippen molar-refractivity contribution < 1.29 is 4.79 Å². The molecule has 0 N–H and O–H groups in total. The molecule has 1 aliphatic heterocycles. The summed E-state index contributed by atoms with van der Waals surface area (Å²) in [7, 11) is 0. The first-order valence-corrected chi connectivity index (χ1v) is 11.0. The normalized spacial score (nSPS) is 15.1. The molecule has 0 unspecified atom stereocenters. The summed E-state index contributed by atoms with van der Waals surface area (Å²) in [6.45, 7) is 9.74. The number of para-hydroxylation sites is 1. The second-order valence-electron chi connectivity index (χ2n) is 8.37. The number of piperazine rings is 1. The Morgan fingerprint density at radius 3 is 2.55 bits per heavy atom. The van der Waals surface area contributed by atoms with E-state index in [1.807, 2.05) is 35.5 Å². The maximum Gasteiger partial charge on any atom is 0.261 e. The van der Waals surface area contributed by atoms with Gasteiger partial charge < -0.3 is 9.47 Å². The molecule has 1 amide bonds. The van der Waals surface area contributed by atoms with Gasteiger partial charge in [-0.2, -0.15) is 0 Å². The Hall–Kier alpha value is -3.00. The molecule has 1 saturated heterocycles. The van der Waals surface area contributed by atoms with Gasteiger partial charge in [0.05, 0.1) is 17.2 Å². The number of rotatable bonds is 7. The summed E-state index contributed by atoms with van der Waals surface area (Å²) in [5, 5.41) is 0.588. The van der Waals surface area contributed by atoms with Crippen molar-refractivity contribution in [3.05, 3.63) is 59.2 Å². The average Bonchev–Trinajstić information content (AvgIpc) is 3.27. The summed E-state index contributed by atoms with van der Waals surface area (Å²) in [4.78, 5) is 38.3. The van der Waals surface area contributed by atoms with E-state index in [1.54, 1.807) is 6.07 Å².